The average Bonchev–Trinajstić information content (AvgIpc) is 2.62. The SMILES string of the molecule is COCCNCC(=O)Nc1cc(CC(C)(C)C)nn1C. The number of rotatable bonds is 7. The smallest absolute Gasteiger partial charge is 0.239 e. The molecule has 0 unspecified atom stereocenters. The highest BCUT2D eigenvalue weighted by Crippen LogP contribution is 2.21. The quantitative estimate of drug-likeness (QED) is 0.737. The van der Waals surface area contributed by atoms with Crippen LogP contribution in [0.4, 0.5) is 5.82 Å². The molecule has 2 N–H and O–H groups in total. The van der Waals surface area contributed by atoms with E-state index >= 15 is 0 Å². The molecule has 0 saturated heterocycles. The molecular formula is C14H26N4O2. The fourth-order valence-corrected chi connectivity index (χ4v) is 1.84. The maximum atomic E-state index is 11.8. The first kappa shape index (κ1) is 16.7. The van der Waals surface area contributed by atoms with E-state index in [0.29, 0.717) is 13.2 Å². The van der Waals surface area contributed by atoms with E-state index in [-0.39, 0.29) is 17.9 Å². The predicted octanol–water partition coefficient (Wildman–Crippen LogP) is 1.18. The van der Waals surface area contributed by atoms with Gasteiger partial charge in [0.2, 0.25) is 5.91 Å². The maximum Gasteiger partial charge on any atom is 0.239 e. The van der Waals surface area contributed by atoms with Gasteiger partial charge in [0.05, 0.1) is 18.8 Å². The lowest BCUT2D eigenvalue weighted by Gasteiger charge is -2.15. The van der Waals surface area contributed by atoms with Crippen molar-refractivity contribution in [1.29, 1.82) is 0 Å². The fourth-order valence-electron chi connectivity index (χ4n) is 1.84. The van der Waals surface area contributed by atoms with Gasteiger partial charge >= 0.3 is 0 Å². The highest BCUT2D eigenvalue weighted by Gasteiger charge is 2.15. The van der Waals surface area contributed by atoms with Crippen LogP contribution < -0.4 is 10.6 Å². The Balaban J connectivity index is 2.49. The van der Waals surface area contributed by atoms with Gasteiger partial charge in [-0.2, -0.15) is 5.10 Å². The van der Waals surface area contributed by atoms with Gasteiger partial charge in [-0.3, -0.25) is 9.48 Å². The minimum atomic E-state index is -0.0774. The molecule has 0 aliphatic heterocycles. The van der Waals surface area contributed by atoms with Crippen LogP contribution in [0.2, 0.25) is 0 Å². The fraction of sp³-hybridized carbons (Fsp3) is 0.714. The molecule has 1 heterocycles. The number of aromatic nitrogens is 2. The van der Waals surface area contributed by atoms with Crippen molar-refractivity contribution in [3.05, 3.63) is 11.8 Å². The second kappa shape index (κ2) is 7.40. The third-order valence-electron chi connectivity index (χ3n) is 2.68. The number of nitrogens with one attached hydrogen (secondary N) is 2. The molecule has 0 aliphatic rings. The summed E-state index contributed by atoms with van der Waals surface area (Å²) in [4.78, 5) is 11.8. The number of ether oxygens (including phenoxy) is 1. The molecule has 1 aromatic rings. The monoisotopic (exact) mass is 282 g/mol. The number of carbonyl (C=O) groups excluding carboxylic acids is 1. The largest absolute Gasteiger partial charge is 0.383 e. The highest BCUT2D eigenvalue weighted by atomic mass is 16.5. The van der Waals surface area contributed by atoms with Crippen molar-refractivity contribution in [3.8, 4) is 0 Å². The molecule has 6 heteroatoms. The van der Waals surface area contributed by atoms with E-state index in [1.54, 1.807) is 11.8 Å². The van der Waals surface area contributed by atoms with Crippen LogP contribution in [0.3, 0.4) is 0 Å². The van der Waals surface area contributed by atoms with E-state index in [0.717, 1.165) is 17.9 Å². The normalized spacial score (nSPS) is 11.7. The first-order valence-electron chi connectivity index (χ1n) is 6.84. The maximum absolute atomic E-state index is 11.8. The molecule has 0 saturated carbocycles. The highest BCUT2D eigenvalue weighted by molar-refractivity contribution is 5.91. The summed E-state index contributed by atoms with van der Waals surface area (Å²) in [7, 11) is 3.47. The van der Waals surface area contributed by atoms with Crippen molar-refractivity contribution in [1.82, 2.24) is 15.1 Å². The van der Waals surface area contributed by atoms with Crippen LogP contribution in [0.15, 0.2) is 6.07 Å². The van der Waals surface area contributed by atoms with Crippen LogP contribution in [0, 0.1) is 5.41 Å². The van der Waals surface area contributed by atoms with E-state index in [2.05, 4.69) is 36.5 Å². The van der Waals surface area contributed by atoms with Gasteiger partial charge in [-0.05, 0) is 11.8 Å². The lowest BCUT2D eigenvalue weighted by molar-refractivity contribution is -0.115. The standard InChI is InChI=1S/C14H26N4O2/c1-14(2,3)9-11-8-12(18(4)17-11)16-13(19)10-15-6-7-20-5/h8,15H,6-7,9-10H2,1-5H3,(H,16,19). The van der Waals surface area contributed by atoms with Crippen LogP contribution in [0.25, 0.3) is 0 Å². The number of nitrogens with zero attached hydrogens (tertiary/aromatic N) is 2. The molecule has 1 amide bonds. The number of hydrogen-bond donors (Lipinski definition) is 2. The Morgan fingerprint density at radius 1 is 1.45 bits per heavy atom. The van der Waals surface area contributed by atoms with E-state index in [4.69, 9.17) is 4.74 Å². The molecule has 114 valence electrons. The third kappa shape index (κ3) is 6.16. The summed E-state index contributed by atoms with van der Waals surface area (Å²) in [5, 5.41) is 10.3. The van der Waals surface area contributed by atoms with Crippen LogP contribution in [-0.2, 0) is 23.0 Å². The zero-order valence-electron chi connectivity index (χ0n) is 13.1. The van der Waals surface area contributed by atoms with E-state index in [1.165, 1.54) is 0 Å². The number of amides is 1. The van der Waals surface area contributed by atoms with Gasteiger partial charge in [-0.25, -0.2) is 0 Å². The number of hydrogen-bond acceptors (Lipinski definition) is 4. The zero-order chi connectivity index (χ0) is 15.2. The van der Waals surface area contributed by atoms with Gasteiger partial charge < -0.3 is 15.4 Å². The summed E-state index contributed by atoms with van der Waals surface area (Å²) >= 11 is 0. The molecule has 6 nitrogen and oxygen atoms in total. The summed E-state index contributed by atoms with van der Waals surface area (Å²) in [5.41, 5.74) is 1.17. The zero-order valence-corrected chi connectivity index (χ0v) is 13.1. The Labute approximate surface area is 120 Å². The lowest BCUT2D eigenvalue weighted by atomic mass is 9.91. The minimum absolute atomic E-state index is 0.0774. The summed E-state index contributed by atoms with van der Waals surface area (Å²) < 4.78 is 6.60. The first-order chi connectivity index (χ1) is 9.31. The van der Waals surface area contributed by atoms with Gasteiger partial charge in [-0.15, -0.1) is 0 Å². The number of aryl methyl sites for hydroxylation is 1. The van der Waals surface area contributed by atoms with Gasteiger partial charge in [0.15, 0.2) is 0 Å². The molecule has 0 radical (unpaired) electrons. The lowest BCUT2D eigenvalue weighted by Crippen LogP contribution is -2.30. The predicted molar refractivity (Wildman–Crippen MR) is 79.7 cm³/mol. The second-order valence-corrected chi connectivity index (χ2v) is 6.10. The molecule has 1 rings (SSSR count). The Morgan fingerprint density at radius 3 is 2.75 bits per heavy atom. The summed E-state index contributed by atoms with van der Waals surface area (Å²) in [5.74, 6) is 0.647. The van der Waals surface area contributed by atoms with Crippen molar-refractivity contribution in [2.45, 2.75) is 27.2 Å². The molecule has 20 heavy (non-hydrogen) atoms. The van der Waals surface area contributed by atoms with E-state index in [9.17, 15) is 4.79 Å². The van der Waals surface area contributed by atoms with Gasteiger partial charge in [0, 0.05) is 26.8 Å². The topological polar surface area (TPSA) is 68.2 Å². The number of anilines is 1. The Morgan fingerprint density at radius 2 is 2.15 bits per heavy atom. The summed E-state index contributed by atoms with van der Waals surface area (Å²) in [6, 6.07) is 1.93. The molecular weight excluding hydrogens is 256 g/mol. The number of methoxy groups -OCH3 is 1. The van der Waals surface area contributed by atoms with Crippen LogP contribution in [0.1, 0.15) is 26.5 Å². The Kier molecular flexibility index (Phi) is 6.16. The minimum Gasteiger partial charge on any atom is -0.383 e. The van der Waals surface area contributed by atoms with Crippen molar-refractivity contribution in [3.63, 3.8) is 0 Å². The molecule has 0 atom stereocenters. The first-order valence-corrected chi connectivity index (χ1v) is 6.84. The molecule has 0 fully saturated rings. The van der Waals surface area contributed by atoms with Crippen molar-refractivity contribution in [2.75, 3.05) is 32.1 Å². The third-order valence-corrected chi connectivity index (χ3v) is 2.68. The van der Waals surface area contributed by atoms with E-state index in [1.807, 2.05) is 13.1 Å². The molecule has 0 aliphatic carbocycles. The summed E-state index contributed by atoms with van der Waals surface area (Å²) in [6.07, 6.45) is 0.878. The Bertz CT molecular complexity index is 435. The molecule has 0 spiro atoms. The number of carbonyl (C=O) groups is 1. The van der Waals surface area contributed by atoms with E-state index < -0.39 is 0 Å². The van der Waals surface area contributed by atoms with Gasteiger partial charge in [0.1, 0.15) is 5.82 Å². The van der Waals surface area contributed by atoms with Crippen molar-refractivity contribution < 1.29 is 9.53 Å². The second-order valence-electron chi connectivity index (χ2n) is 6.10. The van der Waals surface area contributed by atoms with Gasteiger partial charge in [0.25, 0.3) is 0 Å². The Hall–Kier alpha value is -1.40. The summed E-state index contributed by atoms with van der Waals surface area (Å²) in [6.45, 7) is 8.02. The van der Waals surface area contributed by atoms with Gasteiger partial charge in [-0.1, -0.05) is 20.8 Å². The van der Waals surface area contributed by atoms with Crippen LogP contribution in [0.5, 0.6) is 0 Å². The van der Waals surface area contributed by atoms with Crippen molar-refractivity contribution in [2.24, 2.45) is 12.5 Å². The molecule has 0 aromatic carbocycles. The van der Waals surface area contributed by atoms with Crippen molar-refractivity contribution >= 4 is 11.7 Å². The van der Waals surface area contributed by atoms with Crippen LogP contribution in [-0.4, -0.2) is 42.5 Å². The molecule has 0 bridgehead atoms. The van der Waals surface area contributed by atoms with Crippen LogP contribution >= 0.6 is 0 Å². The molecule has 1 aromatic heterocycles. The average molecular weight is 282 g/mol.